The molecule has 1 unspecified atom stereocenters. The Kier molecular flexibility index (Phi) is 7.77. The first kappa shape index (κ1) is 25.3. The summed E-state index contributed by atoms with van der Waals surface area (Å²) < 4.78 is 4.20. The van der Waals surface area contributed by atoms with Crippen molar-refractivity contribution in [2.45, 2.75) is 74.3 Å². The number of ether oxygens (including phenoxy) is 1. The number of carbonyl (C=O) groups excluding carboxylic acids is 3. The van der Waals surface area contributed by atoms with Crippen LogP contribution in [0.15, 0.2) is 24.3 Å². The maximum atomic E-state index is 14.0. The number of fused-ring (bicyclic) bond motifs is 2. The van der Waals surface area contributed by atoms with Crippen LogP contribution in [0.2, 0.25) is 0 Å². The molecule has 4 rings (SSSR count). The van der Waals surface area contributed by atoms with E-state index >= 15 is 0 Å². The van der Waals surface area contributed by atoms with Crippen LogP contribution in [0.5, 0.6) is 0 Å². The minimum atomic E-state index is -0.833. The number of unbranched alkanes of at least 4 members (excludes halogenated alkanes) is 2. The Morgan fingerprint density at radius 1 is 1.06 bits per heavy atom. The van der Waals surface area contributed by atoms with E-state index in [4.69, 9.17) is 4.74 Å². The van der Waals surface area contributed by atoms with E-state index in [9.17, 15) is 19.5 Å². The van der Waals surface area contributed by atoms with Crippen molar-refractivity contribution in [1.29, 1.82) is 0 Å². The van der Waals surface area contributed by atoms with Crippen LogP contribution < -0.4 is 0 Å². The highest BCUT2D eigenvalue weighted by Crippen LogP contribution is 2.65. The summed E-state index contributed by atoms with van der Waals surface area (Å²) in [5, 5.41) is 9.49. The van der Waals surface area contributed by atoms with E-state index in [0.29, 0.717) is 32.7 Å². The van der Waals surface area contributed by atoms with E-state index in [-0.39, 0.29) is 24.4 Å². The number of likely N-dealkylation sites (tertiary alicyclic amines) is 1. The van der Waals surface area contributed by atoms with Crippen molar-refractivity contribution in [1.82, 2.24) is 9.80 Å². The fourth-order valence-corrected chi connectivity index (χ4v) is 8.23. The van der Waals surface area contributed by atoms with E-state index in [2.05, 4.69) is 19.1 Å². The number of carbonyl (C=O) groups is 3. The third-order valence-electron chi connectivity index (χ3n) is 7.67. The minimum absolute atomic E-state index is 0.0490. The van der Waals surface area contributed by atoms with Crippen molar-refractivity contribution in [3.05, 3.63) is 24.3 Å². The molecule has 2 saturated heterocycles. The summed E-state index contributed by atoms with van der Waals surface area (Å²) >= 11 is 1.58. The van der Waals surface area contributed by atoms with E-state index in [1.54, 1.807) is 16.7 Å². The number of aliphatic hydroxyl groups is 1. The van der Waals surface area contributed by atoms with Gasteiger partial charge < -0.3 is 19.6 Å². The Bertz CT molecular complexity index is 860. The molecule has 4 aliphatic rings. The highest BCUT2D eigenvalue weighted by atomic mass is 32.2. The molecule has 188 valence electrons. The molecule has 2 amide bonds. The first-order valence-corrected chi connectivity index (χ1v) is 13.6. The first-order chi connectivity index (χ1) is 16.4. The largest absolute Gasteiger partial charge is 0.465 e. The van der Waals surface area contributed by atoms with Gasteiger partial charge in [0.05, 0.1) is 23.2 Å². The molecule has 34 heavy (non-hydrogen) atoms. The summed E-state index contributed by atoms with van der Waals surface area (Å²) in [5.41, 5.74) is 0. The van der Waals surface area contributed by atoms with Crippen molar-refractivity contribution < 1.29 is 24.2 Å². The molecule has 1 spiro atoms. The minimum Gasteiger partial charge on any atom is -0.465 e. The number of rotatable bonds is 7. The molecule has 0 aromatic heterocycles. The van der Waals surface area contributed by atoms with E-state index in [0.717, 1.165) is 38.5 Å². The normalized spacial score (nSPS) is 36.6. The zero-order chi connectivity index (χ0) is 24.3. The molecule has 0 bridgehead atoms. The van der Waals surface area contributed by atoms with Gasteiger partial charge in [0.15, 0.2) is 0 Å². The van der Waals surface area contributed by atoms with Crippen LogP contribution in [0.25, 0.3) is 0 Å². The topological polar surface area (TPSA) is 87.2 Å². The van der Waals surface area contributed by atoms with Gasteiger partial charge in [0.25, 0.3) is 0 Å². The zero-order valence-electron chi connectivity index (χ0n) is 20.4. The molecule has 7 nitrogen and oxygen atoms in total. The van der Waals surface area contributed by atoms with Crippen molar-refractivity contribution in [2.75, 3.05) is 32.8 Å². The number of thioether (sulfide) groups is 1. The Balaban J connectivity index is 1.78. The van der Waals surface area contributed by atoms with Crippen molar-refractivity contribution in [3.8, 4) is 0 Å². The number of esters is 1. The SMILES string of the molecule is CCCCCN1CC=C[C@]23S[C@]4(C)/C=C\CCCCOC(=O)[C@@H]4[C@H]2C(=O)N(CCCO)C3C1=O. The second-order valence-electron chi connectivity index (χ2n) is 10.1. The maximum absolute atomic E-state index is 14.0. The average Bonchev–Trinajstić information content (AvgIpc) is 3.14. The zero-order valence-corrected chi connectivity index (χ0v) is 21.2. The molecule has 8 heteroatoms. The summed E-state index contributed by atoms with van der Waals surface area (Å²) in [5.74, 6) is -1.89. The molecule has 0 aromatic rings. The smallest absolute Gasteiger partial charge is 0.311 e. The van der Waals surface area contributed by atoms with Gasteiger partial charge in [0.1, 0.15) is 6.04 Å². The Morgan fingerprint density at radius 2 is 1.88 bits per heavy atom. The van der Waals surface area contributed by atoms with Crippen LogP contribution in [0, 0.1) is 11.8 Å². The van der Waals surface area contributed by atoms with Gasteiger partial charge in [-0.2, -0.15) is 0 Å². The highest BCUT2D eigenvalue weighted by Gasteiger charge is 2.73. The quantitative estimate of drug-likeness (QED) is 0.335. The highest BCUT2D eigenvalue weighted by molar-refractivity contribution is 8.02. The average molecular weight is 491 g/mol. The summed E-state index contributed by atoms with van der Waals surface area (Å²) in [6, 6.07) is -0.683. The number of amides is 2. The van der Waals surface area contributed by atoms with Crippen LogP contribution >= 0.6 is 11.8 Å². The van der Waals surface area contributed by atoms with Crippen molar-refractivity contribution >= 4 is 29.5 Å². The first-order valence-electron chi connectivity index (χ1n) is 12.8. The molecular formula is C26H38N2O5S. The van der Waals surface area contributed by atoms with Gasteiger partial charge in [-0.1, -0.05) is 44.1 Å². The van der Waals surface area contributed by atoms with Crippen molar-refractivity contribution in [2.24, 2.45) is 11.8 Å². The fourth-order valence-electron chi connectivity index (χ4n) is 6.08. The second-order valence-corrected chi connectivity index (χ2v) is 11.9. The second kappa shape index (κ2) is 10.4. The van der Waals surface area contributed by atoms with Crippen LogP contribution in [0.1, 0.15) is 58.8 Å². The summed E-state index contributed by atoms with van der Waals surface area (Å²) in [6.07, 6.45) is 14.3. The van der Waals surface area contributed by atoms with Crippen LogP contribution in [0.4, 0.5) is 0 Å². The van der Waals surface area contributed by atoms with E-state index < -0.39 is 27.4 Å². The maximum Gasteiger partial charge on any atom is 0.311 e. The lowest BCUT2D eigenvalue weighted by molar-refractivity contribution is -0.154. The predicted molar refractivity (Wildman–Crippen MR) is 132 cm³/mol. The Hall–Kier alpha value is -1.80. The van der Waals surface area contributed by atoms with Gasteiger partial charge in [-0.3, -0.25) is 14.4 Å². The lowest BCUT2D eigenvalue weighted by atomic mass is 9.74. The standard InChI is InChI=1S/C26H38N2O5S/c1-3-4-8-14-27-15-10-13-26-19(22(30)28(16-11-17-29)21(26)23(27)31)20-24(32)33-18-9-6-5-7-12-25(20,2)34-26/h7,10,12-13,19-21,29H,3-6,8-9,11,14-18H2,1-2H3/b12-7-/t19-,20-,21?,25+,26-/m0/s1. The van der Waals surface area contributed by atoms with Crippen LogP contribution in [-0.4, -0.2) is 81.1 Å². The molecule has 0 radical (unpaired) electrons. The van der Waals surface area contributed by atoms with Crippen LogP contribution in [0.3, 0.4) is 0 Å². The molecule has 0 aliphatic carbocycles. The van der Waals surface area contributed by atoms with Crippen LogP contribution in [-0.2, 0) is 19.1 Å². The number of hydrogen-bond donors (Lipinski definition) is 1. The van der Waals surface area contributed by atoms with E-state index in [1.165, 1.54) is 0 Å². The number of aliphatic hydroxyl groups excluding tert-OH is 1. The predicted octanol–water partition coefficient (Wildman–Crippen LogP) is 2.93. The molecule has 5 atom stereocenters. The fraction of sp³-hybridized carbons (Fsp3) is 0.731. The lowest BCUT2D eigenvalue weighted by Crippen LogP contribution is -2.53. The van der Waals surface area contributed by atoms with E-state index in [1.807, 2.05) is 24.0 Å². The molecule has 2 fully saturated rings. The molecule has 0 saturated carbocycles. The van der Waals surface area contributed by atoms with Gasteiger partial charge in [0, 0.05) is 31.0 Å². The third-order valence-corrected chi connectivity index (χ3v) is 9.47. The van der Waals surface area contributed by atoms with Gasteiger partial charge in [-0.25, -0.2) is 0 Å². The van der Waals surface area contributed by atoms with Gasteiger partial charge >= 0.3 is 5.97 Å². The van der Waals surface area contributed by atoms with Gasteiger partial charge in [-0.05, 0) is 39.0 Å². The summed E-state index contributed by atoms with van der Waals surface area (Å²) in [7, 11) is 0. The number of nitrogens with zero attached hydrogens (tertiary/aromatic N) is 2. The molecule has 4 heterocycles. The van der Waals surface area contributed by atoms with Gasteiger partial charge in [-0.15, -0.1) is 11.8 Å². The number of hydrogen-bond acceptors (Lipinski definition) is 6. The summed E-state index contributed by atoms with van der Waals surface area (Å²) in [6.45, 7) is 5.92. The van der Waals surface area contributed by atoms with Crippen molar-refractivity contribution in [3.63, 3.8) is 0 Å². The lowest BCUT2D eigenvalue weighted by Gasteiger charge is -2.37. The number of allylic oxidation sites excluding steroid dienone is 1. The molecular weight excluding hydrogens is 452 g/mol. The van der Waals surface area contributed by atoms with Gasteiger partial charge in [0.2, 0.25) is 11.8 Å². The summed E-state index contributed by atoms with van der Waals surface area (Å²) in [4.78, 5) is 44.9. The Labute approximate surface area is 206 Å². The monoisotopic (exact) mass is 490 g/mol. The molecule has 0 aromatic carbocycles. The third kappa shape index (κ3) is 4.32. The number of cyclic esters (lactones) is 1. The Morgan fingerprint density at radius 3 is 2.65 bits per heavy atom. The molecule has 1 N–H and O–H groups in total. The molecule has 4 aliphatic heterocycles.